The van der Waals surface area contributed by atoms with Gasteiger partial charge >= 0.3 is 5.63 Å². The summed E-state index contributed by atoms with van der Waals surface area (Å²) in [6, 6.07) is 12.8. The van der Waals surface area contributed by atoms with Crippen molar-refractivity contribution in [3.63, 3.8) is 0 Å². The van der Waals surface area contributed by atoms with E-state index in [0.717, 1.165) is 0 Å². The van der Waals surface area contributed by atoms with Gasteiger partial charge in [0.15, 0.2) is 5.78 Å². The third kappa shape index (κ3) is 8.71. The van der Waals surface area contributed by atoms with Crippen molar-refractivity contribution in [1.29, 1.82) is 0 Å². The third-order valence-corrected chi connectivity index (χ3v) is 7.70. The number of rotatable bonds is 18. The minimum absolute atomic E-state index is 0.00160. The number of methoxy groups -OCH3 is 2. The van der Waals surface area contributed by atoms with Crippen molar-refractivity contribution in [2.75, 3.05) is 14.2 Å². The van der Waals surface area contributed by atoms with Gasteiger partial charge in [-0.1, -0.05) is 109 Å². The van der Waals surface area contributed by atoms with Gasteiger partial charge < -0.3 is 13.9 Å². The number of carbonyl (C=O) groups is 1. The smallest absolute Gasteiger partial charge is 0.347 e. The summed E-state index contributed by atoms with van der Waals surface area (Å²) in [7, 11) is 3.07. The Morgan fingerprint density at radius 3 is 1.92 bits per heavy atom. The zero-order chi connectivity index (χ0) is 28.0. The zero-order valence-corrected chi connectivity index (χ0v) is 24.4. The van der Waals surface area contributed by atoms with Crippen molar-refractivity contribution < 1.29 is 18.7 Å². The molecule has 3 aromatic rings. The number of carbonyl (C=O) groups excluding carboxylic acids is 1. The van der Waals surface area contributed by atoms with Crippen molar-refractivity contribution in [3.05, 3.63) is 69.6 Å². The first-order chi connectivity index (χ1) is 19.0. The quantitative estimate of drug-likeness (QED) is 0.0924. The number of benzene rings is 2. The van der Waals surface area contributed by atoms with Crippen LogP contribution >= 0.6 is 0 Å². The van der Waals surface area contributed by atoms with Crippen LogP contribution in [0.1, 0.15) is 125 Å². The summed E-state index contributed by atoms with van der Waals surface area (Å²) in [5.74, 6) is 1.15. The van der Waals surface area contributed by atoms with Crippen molar-refractivity contribution in [2.24, 2.45) is 0 Å². The Morgan fingerprint density at radius 2 is 1.36 bits per heavy atom. The highest BCUT2D eigenvalue weighted by Gasteiger charge is 2.19. The highest BCUT2D eigenvalue weighted by Crippen LogP contribution is 2.32. The average Bonchev–Trinajstić information content (AvgIpc) is 2.96. The van der Waals surface area contributed by atoms with Gasteiger partial charge in [0.2, 0.25) is 0 Å². The van der Waals surface area contributed by atoms with Crippen LogP contribution in [0.25, 0.3) is 11.0 Å². The van der Waals surface area contributed by atoms with Crippen LogP contribution in [-0.2, 0) is 0 Å². The molecule has 2 aromatic carbocycles. The largest absolute Gasteiger partial charge is 0.496 e. The van der Waals surface area contributed by atoms with E-state index in [0.29, 0.717) is 33.9 Å². The highest BCUT2D eigenvalue weighted by molar-refractivity contribution is 6.10. The summed E-state index contributed by atoms with van der Waals surface area (Å²) in [5, 5.41) is 0.556. The van der Waals surface area contributed by atoms with Crippen LogP contribution in [0.15, 0.2) is 51.7 Å². The van der Waals surface area contributed by atoms with Crippen LogP contribution in [0.4, 0.5) is 0 Å². The summed E-state index contributed by atoms with van der Waals surface area (Å²) >= 11 is 0. The molecule has 1 aromatic heterocycles. The van der Waals surface area contributed by atoms with Crippen LogP contribution in [0.2, 0.25) is 0 Å². The highest BCUT2D eigenvalue weighted by atomic mass is 16.5. The molecule has 0 radical (unpaired) electrons. The molecule has 0 aliphatic rings. The van der Waals surface area contributed by atoms with Crippen LogP contribution < -0.4 is 15.1 Å². The van der Waals surface area contributed by atoms with E-state index in [1.54, 1.807) is 18.2 Å². The molecule has 0 fully saturated rings. The van der Waals surface area contributed by atoms with E-state index in [2.05, 4.69) is 26.0 Å². The molecular formula is C34H46O5. The molecule has 0 N–H and O–H groups in total. The lowest BCUT2D eigenvalue weighted by Gasteiger charge is -2.18. The van der Waals surface area contributed by atoms with Gasteiger partial charge in [0, 0.05) is 17.7 Å². The van der Waals surface area contributed by atoms with Crippen molar-refractivity contribution in [2.45, 2.75) is 103 Å². The number of ether oxygens (including phenoxy) is 2. The molecule has 1 atom stereocenters. The third-order valence-electron chi connectivity index (χ3n) is 7.70. The first-order valence-corrected chi connectivity index (χ1v) is 14.9. The number of unbranched alkanes of at least 4 members (excludes halogenated alkanes) is 9. The van der Waals surface area contributed by atoms with Gasteiger partial charge in [0.05, 0.1) is 19.6 Å². The molecule has 1 unspecified atom stereocenters. The van der Waals surface area contributed by atoms with Gasteiger partial charge in [-0.25, -0.2) is 4.79 Å². The van der Waals surface area contributed by atoms with Crippen LogP contribution in [0, 0.1) is 0 Å². The topological polar surface area (TPSA) is 65.7 Å². The SMILES string of the molecule is CCCCCCCCC(CCCCCCC)c1ccc(C(=O)c2cc3c(OC)cc(OC)cc3oc2=O)cc1. The zero-order valence-electron chi connectivity index (χ0n) is 24.4. The van der Waals surface area contributed by atoms with E-state index >= 15 is 0 Å². The summed E-state index contributed by atoms with van der Waals surface area (Å²) in [5.41, 5.74) is 1.42. The van der Waals surface area contributed by atoms with Crippen molar-refractivity contribution in [1.82, 2.24) is 0 Å². The van der Waals surface area contributed by atoms with E-state index in [-0.39, 0.29) is 11.3 Å². The second kappa shape index (κ2) is 16.1. The fourth-order valence-electron chi connectivity index (χ4n) is 5.31. The Labute approximate surface area is 233 Å². The molecule has 0 amide bonds. The Hall–Kier alpha value is -3.08. The molecule has 0 aliphatic carbocycles. The number of hydrogen-bond donors (Lipinski definition) is 0. The molecule has 0 saturated heterocycles. The standard InChI is InChI=1S/C34H46O5/c1-5-7-9-11-13-15-17-25(16-14-12-10-8-6-2)26-18-20-27(21-19-26)33(35)30-24-29-31(38-4)22-28(37-3)23-32(29)39-34(30)36/h18-25H,5-17H2,1-4H3. The lowest BCUT2D eigenvalue weighted by atomic mass is 9.87. The Kier molecular flexibility index (Phi) is 12.6. The second-order valence-electron chi connectivity index (χ2n) is 10.6. The van der Waals surface area contributed by atoms with E-state index in [1.165, 1.54) is 103 Å². The molecule has 3 rings (SSSR count). The number of fused-ring (bicyclic) bond motifs is 1. The Morgan fingerprint density at radius 1 is 0.769 bits per heavy atom. The van der Waals surface area contributed by atoms with Crippen LogP contribution in [0.5, 0.6) is 11.5 Å². The number of ketones is 1. The Bertz CT molecular complexity index is 1220. The van der Waals surface area contributed by atoms with E-state index in [4.69, 9.17) is 13.9 Å². The average molecular weight is 535 g/mol. The fraction of sp³-hybridized carbons (Fsp3) is 0.529. The fourth-order valence-corrected chi connectivity index (χ4v) is 5.31. The molecule has 39 heavy (non-hydrogen) atoms. The predicted octanol–water partition coefficient (Wildman–Crippen LogP) is 9.24. The van der Waals surface area contributed by atoms with Crippen molar-refractivity contribution in [3.8, 4) is 11.5 Å². The minimum atomic E-state index is -0.667. The summed E-state index contributed by atoms with van der Waals surface area (Å²) in [6.45, 7) is 4.50. The van der Waals surface area contributed by atoms with Crippen molar-refractivity contribution >= 4 is 16.8 Å². The van der Waals surface area contributed by atoms with Gasteiger partial charge in [-0.15, -0.1) is 0 Å². The first kappa shape index (κ1) is 30.5. The van der Waals surface area contributed by atoms with Gasteiger partial charge in [0.25, 0.3) is 0 Å². The molecule has 0 spiro atoms. The lowest BCUT2D eigenvalue weighted by molar-refractivity contribution is 0.103. The van der Waals surface area contributed by atoms with Crippen LogP contribution in [-0.4, -0.2) is 20.0 Å². The van der Waals surface area contributed by atoms with Crippen LogP contribution in [0.3, 0.4) is 0 Å². The molecule has 0 bridgehead atoms. The van der Waals surface area contributed by atoms with Gasteiger partial charge in [-0.2, -0.15) is 0 Å². The first-order valence-electron chi connectivity index (χ1n) is 14.9. The monoisotopic (exact) mass is 534 g/mol. The normalized spacial score (nSPS) is 12.0. The van der Waals surface area contributed by atoms with E-state index in [1.807, 2.05) is 12.1 Å². The molecule has 0 saturated carbocycles. The van der Waals surface area contributed by atoms with E-state index < -0.39 is 5.63 Å². The molecular weight excluding hydrogens is 488 g/mol. The van der Waals surface area contributed by atoms with Gasteiger partial charge in [-0.05, 0) is 30.4 Å². The minimum Gasteiger partial charge on any atom is -0.496 e. The Balaban J connectivity index is 1.76. The molecule has 5 nitrogen and oxygen atoms in total. The summed E-state index contributed by atoms with van der Waals surface area (Å²) < 4.78 is 16.2. The molecule has 5 heteroatoms. The van der Waals surface area contributed by atoms with E-state index in [9.17, 15) is 9.59 Å². The van der Waals surface area contributed by atoms with Gasteiger partial charge in [-0.3, -0.25) is 4.79 Å². The van der Waals surface area contributed by atoms with Gasteiger partial charge in [0.1, 0.15) is 22.6 Å². The molecule has 212 valence electrons. The second-order valence-corrected chi connectivity index (χ2v) is 10.6. The summed E-state index contributed by atoms with van der Waals surface area (Å²) in [4.78, 5) is 26.1. The molecule has 0 aliphatic heterocycles. The molecule has 1 heterocycles. The summed E-state index contributed by atoms with van der Waals surface area (Å²) in [6.07, 6.45) is 16.5. The maximum Gasteiger partial charge on any atom is 0.347 e. The predicted molar refractivity (Wildman–Crippen MR) is 160 cm³/mol. The maximum atomic E-state index is 13.4. The number of hydrogen-bond acceptors (Lipinski definition) is 5. The lowest BCUT2D eigenvalue weighted by Crippen LogP contribution is -2.15. The maximum absolute atomic E-state index is 13.4.